The van der Waals surface area contributed by atoms with Crippen LogP contribution in [0.2, 0.25) is 0 Å². The Labute approximate surface area is 191 Å². The number of aliphatic hydroxyl groups excluding tert-OH is 1. The molecule has 2 aromatic rings. The van der Waals surface area contributed by atoms with E-state index in [1.807, 2.05) is 31.2 Å². The normalized spacial score (nSPS) is 21.3. The molecular formula is C26H35NO5. The first kappa shape index (κ1) is 23.9. The van der Waals surface area contributed by atoms with Crippen molar-refractivity contribution >= 4 is 6.09 Å². The molecule has 1 saturated heterocycles. The van der Waals surface area contributed by atoms with E-state index in [1.54, 1.807) is 18.9 Å². The Bertz CT molecular complexity index is 885. The number of nitrogens with zero attached hydrogens (tertiary/aromatic N) is 1. The molecular weight excluding hydrogens is 406 g/mol. The number of ether oxygens (including phenoxy) is 3. The predicted octanol–water partition coefficient (Wildman–Crippen LogP) is 4.65. The van der Waals surface area contributed by atoms with Crippen molar-refractivity contribution in [2.75, 3.05) is 33.9 Å². The molecule has 1 aliphatic heterocycles. The van der Waals surface area contributed by atoms with Gasteiger partial charge in [0.25, 0.3) is 0 Å². The molecule has 3 rings (SSSR count). The van der Waals surface area contributed by atoms with Crippen LogP contribution in [0.4, 0.5) is 4.79 Å². The van der Waals surface area contributed by atoms with Crippen LogP contribution >= 0.6 is 0 Å². The number of hydrogen-bond donors (Lipinski definition) is 1. The summed E-state index contributed by atoms with van der Waals surface area (Å²) in [4.78, 5) is 13.8. The molecule has 0 spiro atoms. The Morgan fingerprint density at radius 2 is 1.91 bits per heavy atom. The van der Waals surface area contributed by atoms with Gasteiger partial charge in [-0.25, -0.2) is 4.79 Å². The maximum atomic E-state index is 12.2. The number of unbranched alkanes of at least 4 members (excludes halogenated alkanes) is 1. The van der Waals surface area contributed by atoms with Crippen LogP contribution in [-0.4, -0.2) is 56.1 Å². The molecule has 32 heavy (non-hydrogen) atoms. The number of hydrogen-bond acceptors (Lipinski definition) is 5. The first-order chi connectivity index (χ1) is 15.4. The van der Waals surface area contributed by atoms with Crippen molar-refractivity contribution in [2.24, 2.45) is 5.41 Å². The second-order valence-corrected chi connectivity index (χ2v) is 8.79. The number of benzene rings is 2. The number of carbonyl (C=O) groups excluding carboxylic acids is 1. The molecule has 0 unspecified atom stereocenters. The van der Waals surface area contributed by atoms with E-state index < -0.39 is 11.5 Å². The zero-order valence-corrected chi connectivity index (χ0v) is 19.5. The fourth-order valence-electron chi connectivity index (χ4n) is 4.47. The van der Waals surface area contributed by atoms with Gasteiger partial charge in [0.1, 0.15) is 0 Å². The minimum Gasteiger partial charge on any atom is -0.493 e. The molecule has 2 aromatic carbocycles. The van der Waals surface area contributed by atoms with Crippen LogP contribution in [-0.2, 0) is 11.2 Å². The van der Waals surface area contributed by atoms with Gasteiger partial charge in [0, 0.05) is 24.4 Å². The smallest absolute Gasteiger partial charge is 0.409 e. The highest BCUT2D eigenvalue weighted by molar-refractivity contribution is 5.68. The number of carbonyl (C=O) groups is 1. The molecule has 0 aromatic heterocycles. The third kappa shape index (κ3) is 5.36. The summed E-state index contributed by atoms with van der Waals surface area (Å²) in [6, 6.07) is 16.3. The maximum Gasteiger partial charge on any atom is 0.409 e. The van der Waals surface area contributed by atoms with E-state index in [0.717, 1.165) is 24.8 Å². The van der Waals surface area contributed by atoms with Gasteiger partial charge >= 0.3 is 6.09 Å². The summed E-state index contributed by atoms with van der Waals surface area (Å²) in [5, 5.41) is 10.5. The molecule has 3 atom stereocenters. The molecule has 6 nitrogen and oxygen atoms in total. The molecule has 1 fully saturated rings. The van der Waals surface area contributed by atoms with Crippen LogP contribution in [0.3, 0.4) is 0 Å². The van der Waals surface area contributed by atoms with Crippen molar-refractivity contribution in [3.63, 3.8) is 0 Å². The van der Waals surface area contributed by atoms with Gasteiger partial charge in [0.15, 0.2) is 11.5 Å². The number of rotatable bonds is 9. The minimum atomic E-state index is -0.591. The second kappa shape index (κ2) is 10.7. The van der Waals surface area contributed by atoms with Crippen molar-refractivity contribution in [3.05, 3.63) is 59.7 Å². The molecule has 0 saturated carbocycles. The topological polar surface area (TPSA) is 68.2 Å². The van der Waals surface area contributed by atoms with Crippen LogP contribution in [0.25, 0.3) is 0 Å². The molecule has 1 N–H and O–H groups in total. The van der Waals surface area contributed by atoms with Gasteiger partial charge in [-0.3, -0.25) is 0 Å². The Morgan fingerprint density at radius 1 is 1.16 bits per heavy atom. The average Bonchev–Trinajstić information content (AvgIpc) is 3.18. The van der Waals surface area contributed by atoms with Gasteiger partial charge in [0.2, 0.25) is 0 Å². The largest absolute Gasteiger partial charge is 0.493 e. The quantitative estimate of drug-likeness (QED) is 0.574. The molecule has 0 aliphatic carbocycles. The number of methoxy groups -OCH3 is 2. The Hall–Kier alpha value is -2.73. The summed E-state index contributed by atoms with van der Waals surface area (Å²) < 4.78 is 16.5. The summed E-state index contributed by atoms with van der Waals surface area (Å²) in [7, 11) is 3.01. The lowest BCUT2D eigenvalue weighted by Crippen LogP contribution is -2.38. The van der Waals surface area contributed by atoms with Gasteiger partial charge in [-0.05, 0) is 49.4 Å². The second-order valence-electron chi connectivity index (χ2n) is 8.79. The first-order valence-corrected chi connectivity index (χ1v) is 11.2. The van der Waals surface area contributed by atoms with Crippen molar-refractivity contribution in [1.82, 2.24) is 4.90 Å². The molecule has 1 heterocycles. The van der Waals surface area contributed by atoms with Crippen LogP contribution in [0.15, 0.2) is 48.5 Å². The van der Waals surface area contributed by atoms with E-state index in [1.165, 1.54) is 12.7 Å². The zero-order valence-electron chi connectivity index (χ0n) is 19.5. The molecule has 174 valence electrons. The molecule has 1 aliphatic rings. The van der Waals surface area contributed by atoms with E-state index in [-0.39, 0.29) is 12.0 Å². The number of amides is 1. The fourth-order valence-corrected chi connectivity index (χ4v) is 4.47. The van der Waals surface area contributed by atoms with E-state index in [2.05, 4.69) is 24.3 Å². The summed E-state index contributed by atoms with van der Waals surface area (Å²) >= 11 is 0. The molecule has 0 radical (unpaired) electrons. The van der Waals surface area contributed by atoms with Gasteiger partial charge < -0.3 is 24.2 Å². The van der Waals surface area contributed by atoms with Gasteiger partial charge in [0.05, 0.1) is 26.9 Å². The Kier molecular flexibility index (Phi) is 8.02. The lowest BCUT2D eigenvalue weighted by molar-refractivity contribution is 0.0470. The number of likely N-dealkylation sites (tertiary alicyclic amines) is 1. The van der Waals surface area contributed by atoms with E-state index in [0.29, 0.717) is 31.2 Å². The highest BCUT2D eigenvalue weighted by Crippen LogP contribution is 2.47. The lowest BCUT2D eigenvalue weighted by Gasteiger charge is -2.33. The summed E-state index contributed by atoms with van der Waals surface area (Å²) in [5.74, 6) is 1.32. The number of aryl methyl sites for hydroxylation is 1. The van der Waals surface area contributed by atoms with Crippen molar-refractivity contribution in [2.45, 2.75) is 45.1 Å². The fraction of sp³-hybridized carbons (Fsp3) is 0.500. The molecule has 1 amide bonds. The van der Waals surface area contributed by atoms with Crippen LogP contribution in [0.5, 0.6) is 11.5 Å². The lowest BCUT2D eigenvalue weighted by atomic mass is 9.72. The Balaban J connectivity index is 1.69. The molecule has 0 bridgehead atoms. The predicted molar refractivity (Wildman–Crippen MR) is 124 cm³/mol. The first-order valence-electron chi connectivity index (χ1n) is 11.2. The SMILES string of the molecule is COC(=O)N1C[C@@H](c2ccc(OC)c(OCCCCc3ccccc3)c2)[C@](C)([C@H](C)O)C1. The number of aliphatic hydroxyl groups is 1. The van der Waals surface area contributed by atoms with Crippen LogP contribution in [0, 0.1) is 5.41 Å². The average molecular weight is 442 g/mol. The third-order valence-electron chi connectivity index (χ3n) is 6.67. The Morgan fingerprint density at radius 3 is 2.56 bits per heavy atom. The monoisotopic (exact) mass is 441 g/mol. The third-order valence-corrected chi connectivity index (χ3v) is 6.67. The highest BCUT2D eigenvalue weighted by atomic mass is 16.5. The van der Waals surface area contributed by atoms with Gasteiger partial charge in [-0.2, -0.15) is 0 Å². The van der Waals surface area contributed by atoms with Gasteiger partial charge in [-0.1, -0.05) is 43.3 Å². The molecule has 6 heteroatoms. The summed E-state index contributed by atoms with van der Waals surface area (Å²) in [5.41, 5.74) is 1.86. The zero-order chi connectivity index (χ0) is 23.1. The summed E-state index contributed by atoms with van der Waals surface area (Å²) in [6.07, 6.45) is 2.05. The van der Waals surface area contributed by atoms with Crippen molar-refractivity contribution in [1.29, 1.82) is 0 Å². The highest BCUT2D eigenvalue weighted by Gasteiger charge is 2.48. The minimum absolute atomic E-state index is 0.0482. The van der Waals surface area contributed by atoms with Crippen LogP contribution in [0.1, 0.15) is 43.7 Å². The van der Waals surface area contributed by atoms with E-state index in [4.69, 9.17) is 14.2 Å². The maximum absolute atomic E-state index is 12.2. The van der Waals surface area contributed by atoms with Crippen molar-refractivity contribution in [3.8, 4) is 11.5 Å². The van der Waals surface area contributed by atoms with Crippen molar-refractivity contribution < 1.29 is 24.1 Å². The van der Waals surface area contributed by atoms with Crippen LogP contribution < -0.4 is 9.47 Å². The summed E-state index contributed by atoms with van der Waals surface area (Å²) in [6.45, 7) is 5.31. The standard InChI is InChI=1S/C26H35NO5/c1-19(28)26(2)18-27(25(29)31-4)17-22(26)21-13-14-23(30-3)24(16-21)32-15-9-8-12-20-10-6-5-7-11-20/h5-7,10-11,13-14,16,19,22,28H,8-9,12,15,17-18H2,1-4H3/t19-,22-,26-/m0/s1. The van der Waals surface area contributed by atoms with E-state index in [9.17, 15) is 9.90 Å². The van der Waals surface area contributed by atoms with E-state index >= 15 is 0 Å². The van der Waals surface area contributed by atoms with Gasteiger partial charge in [-0.15, -0.1) is 0 Å².